The highest BCUT2D eigenvalue weighted by Gasteiger charge is 2.66. The molecule has 3 nitrogen and oxygen atoms in total. The van der Waals surface area contributed by atoms with E-state index in [1.807, 2.05) is 6.08 Å². The zero-order valence-electron chi connectivity index (χ0n) is 16.0. The molecule has 4 rings (SSSR count). The molecular formula is C22H32O3. The van der Waals surface area contributed by atoms with Gasteiger partial charge in [0, 0.05) is 30.8 Å². The largest absolute Gasteiger partial charge is 0.384 e. The van der Waals surface area contributed by atoms with Gasteiger partial charge in [-0.1, -0.05) is 19.4 Å². The second kappa shape index (κ2) is 5.77. The molecule has 3 saturated carbocycles. The molecule has 0 aromatic rings. The van der Waals surface area contributed by atoms with Crippen LogP contribution in [-0.4, -0.2) is 25.3 Å². The van der Waals surface area contributed by atoms with Crippen LogP contribution in [-0.2, 0) is 14.3 Å². The minimum atomic E-state index is -0.105. The van der Waals surface area contributed by atoms with Gasteiger partial charge in [-0.25, -0.2) is 0 Å². The van der Waals surface area contributed by atoms with Crippen molar-refractivity contribution in [2.45, 2.75) is 71.6 Å². The number of fused-ring (bicyclic) bond motifs is 5. The zero-order chi connectivity index (χ0) is 17.9. The molecule has 0 aromatic heterocycles. The Morgan fingerprint density at radius 1 is 1.08 bits per heavy atom. The Bertz CT molecular complexity index is 635. The number of ether oxygens (including phenoxy) is 1. The van der Waals surface area contributed by atoms with Crippen molar-refractivity contribution in [2.75, 3.05) is 13.7 Å². The molecule has 0 aliphatic heterocycles. The van der Waals surface area contributed by atoms with E-state index in [9.17, 15) is 9.59 Å². The number of rotatable bonds is 3. The van der Waals surface area contributed by atoms with E-state index >= 15 is 0 Å². The highest BCUT2D eigenvalue weighted by atomic mass is 16.5. The molecule has 0 N–H and O–H groups in total. The predicted molar refractivity (Wildman–Crippen MR) is 97.2 cm³/mol. The number of ketones is 2. The summed E-state index contributed by atoms with van der Waals surface area (Å²) in [6.07, 6.45) is 10.8. The smallest absolute Gasteiger partial charge is 0.155 e. The van der Waals surface area contributed by atoms with Crippen molar-refractivity contribution in [3.8, 4) is 0 Å². The molecule has 5 atom stereocenters. The third-order valence-electron chi connectivity index (χ3n) is 8.79. The van der Waals surface area contributed by atoms with Crippen molar-refractivity contribution < 1.29 is 14.3 Å². The minimum absolute atomic E-state index is 0.0316. The van der Waals surface area contributed by atoms with E-state index in [4.69, 9.17) is 4.74 Å². The zero-order valence-corrected chi connectivity index (χ0v) is 16.0. The van der Waals surface area contributed by atoms with Gasteiger partial charge in [0.2, 0.25) is 0 Å². The fourth-order valence-corrected chi connectivity index (χ4v) is 7.66. The number of carbonyl (C=O) groups is 2. The Morgan fingerprint density at radius 2 is 1.88 bits per heavy atom. The number of hydrogen-bond donors (Lipinski definition) is 0. The van der Waals surface area contributed by atoms with E-state index in [1.165, 1.54) is 5.57 Å². The van der Waals surface area contributed by atoms with Crippen LogP contribution >= 0.6 is 0 Å². The first-order valence-electron chi connectivity index (χ1n) is 10.2. The Kier molecular flexibility index (Phi) is 4.03. The molecule has 3 fully saturated rings. The number of hydrogen-bond acceptors (Lipinski definition) is 3. The van der Waals surface area contributed by atoms with Crippen molar-refractivity contribution in [1.29, 1.82) is 0 Å². The molecule has 0 heterocycles. The Morgan fingerprint density at radius 3 is 2.60 bits per heavy atom. The molecule has 3 heteroatoms. The Hall–Kier alpha value is -0.960. The third kappa shape index (κ3) is 2.14. The van der Waals surface area contributed by atoms with Crippen molar-refractivity contribution in [2.24, 2.45) is 28.1 Å². The lowest BCUT2D eigenvalue weighted by Gasteiger charge is -2.64. The van der Waals surface area contributed by atoms with Gasteiger partial charge in [-0.05, 0) is 68.3 Å². The summed E-state index contributed by atoms with van der Waals surface area (Å²) in [6.45, 7) is 5.32. The summed E-state index contributed by atoms with van der Waals surface area (Å²) in [4.78, 5) is 24.8. The summed E-state index contributed by atoms with van der Waals surface area (Å²) >= 11 is 0. The lowest BCUT2D eigenvalue weighted by Crippen LogP contribution is -2.59. The molecule has 0 bridgehead atoms. The molecule has 4 aliphatic carbocycles. The maximum atomic E-state index is 12.7. The molecule has 138 valence electrons. The number of carbonyl (C=O) groups excluding carboxylic acids is 2. The summed E-state index contributed by atoms with van der Waals surface area (Å²) < 4.78 is 5.75. The lowest BCUT2D eigenvalue weighted by atomic mass is 9.40. The van der Waals surface area contributed by atoms with Crippen molar-refractivity contribution >= 4 is 11.6 Å². The van der Waals surface area contributed by atoms with Crippen molar-refractivity contribution in [1.82, 2.24) is 0 Å². The van der Waals surface area contributed by atoms with E-state index in [1.54, 1.807) is 7.11 Å². The van der Waals surface area contributed by atoms with Crippen LogP contribution in [0.4, 0.5) is 0 Å². The average Bonchev–Trinajstić information content (AvgIpc) is 2.91. The van der Waals surface area contributed by atoms with Crippen LogP contribution in [0.3, 0.4) is 0 Å². The summed E-state index contributed by atoms with van der Waals surface area (Å²) in [5, 5.41) is 0. The van der Waals surface area contributed by atoms with Gasteiger partial charge in [-0.2, -0.15) is 0 Å². The molecule has 4 unspecified atom stereocenters. The average molecular weight is 344 g/mol. The van der Waals surface area contributed by atoms with Gasteiger partial charge in [0.05, 0.1) is 6.61 Å². The first-order chi connectivity index (χ1) is 11.9. The van der Waals surface area contributed by atoms with Gasteiger partial charge in [-0.15, -0.1) is 0 Å². The standard InChI is InChI=1S/C22H32O3/c1-4-21-11-7-15-13-16(23)8-12-22(15,14-25-3)18(21)9-10-20(2)17(21)5-6-19(20)24/h13,17-18H,4-12,14H2,1-3H3/t17?,18?,20?,21?,22-/m1/s1. The van der Waals surface area contributed by atoms with Crippen molar-refractivity contribution in [3.05, 3.63) is 11.6 Å². The quantitative estimate of drug-likeness (QED) is 0.757. The molecule has 0 aromatic carbocycles. The maximum absolute atomic E-state index is 12.7. The van der Waals surface area contributed by atoms with Crippen LogP contribution in [0.2, 0.25) is 0 Å². The lowest BCUT2D eigenvalue weighted by molar-refractivity contribution is -0.155. The predicted octanol–water partition coefficient (Wildman–Crippen LogP) is 4.49. The van der Waals surface area contributed by atoms with E-state index < -0.39 is 0 Å². The highest BCUT2D eigenvalue weighted by Crippen LogP contribution is 2.71. The van der Waals surface area contributed by atoms with Gasteiger partial charge < -0.3 is 4.74 Å². The number of Topliss-reactive ketones (excluding diaryl/α,β-unsaturated/α-hetero) is 1. The minimum Gasteiger partial charge on any atom is -0.384 e. The van der Waals surface area contributed by atoms with E-state index in [0.29, 0.717) is 29.8 Å². The van der Waals surface area contributed by atoms with Crippen LogP contribution in [0.25, 0.3) is 0 Å². The normalized spacial score (nSPS) is 46.3. The van der Waals surface area contributed by atoms with Crippen molar-refractivity contribution in [3.63, 3.8) is 0 Å². The van der Waals surface area contributed by atoms with Crippen LogP contribution < -0.4 is 0 Å². The molecule has 0 radical (unpaired) electrons. The fraction of sp³-hybridized carbons (Fsp3) is 0.818. The van der Waals surface area contributed by atoms with Crippen LogP contribution in [0.1, 0.15) is 71.6 Å². The highest BCUT2D eigenvalue weighted by molar-refractivity contribution is 5.92. The summed E-state index contributed by atoms with van der Waals surface area (Å²) in [5.41, 5.74) is 1.53. The van der Waals surface area contributed by atoms with Crippen LogP contribution in [0.5, 0.6) is 0 Å². The van der Waals surface area contributed by atoms with Gasteiger partial charge >= 0.3 is 0 Å². The van der Waals surface area contributed by atoms with Gasteiger partial charge in [0.15, 0.2) is 5.78 Å². The third-order valence-corrected chi connectivity index (χ3v) is 8.79. The number of methoxy groups -OCH3 is 1. The molecule has 4 aliphatic rings. The van der Waals surface area contributed by atoms with E-state index in [2.05, 4.69) is 13.8 Å². The van der Waals surface area contributed by atoms with Gasteiger partial charge in [0.1, 0.15) is 5.78 Å². The fourth-order valence-electron chi connectivity index (χ4n) is 7.66. The van der Waals surface area contributed by atoms with Crippen LogP contribution in [0, 0.1) is 28.1 Å². The topological polar surface area (TPSA) is 43.4 Å². The van der Waals surface area contributed by atoms with E-state index in [-0.39, 0.29) is 16.2 Å². The molecular weight excluding hydrogens is 312 g/mol. The van der Waals surface area contributed by atoms with Gasteiger partial charge in [0.25, 0.3) is 0 Å². The SMILES string of the molecule is CCC12CCC3=CC(=O)CC[C@]3(COC)C1CCC1(C)C(=O)CCC12. The molecule has 25 heavy (non-hydrogen) atoms. The van der Waals surface area contributed by atoms with E-state index in [0.717, 1.165) is 58.0 Å². The summed E-state index contributed by atoms with van der Waals surface area (Å²) in [6, 6.07) is 0. The summed E-state index contributed by atoms with van der Waals surface area (Å²) in [5.74, 6) is 1.87. The van der Waals surface area contributed by atoms with Gasteiger partial charge in [-0.3, -0.25) is 9.59 Å². The second-order valence-electron chi connectivity index (χ2n) is 9.33. The summed E-state index contributed by atoms with van der Waals surface area (Å²) in [7, 11) is 1.80. The Labute approximate surface area is 151 Å². The monoisotopic (exact) mass is 344 g/mol. The Balaban J connectivity index is 1.82. The van der Waals surface area contributed by atoms with Crippen LogP contribution in [0.15, 0.2) is 11.6 Å². The second-order valence-corrected chi connectivity index (χ2v) is 9.33. The maximum Gasteiger partial charge on any atom is 0.155 e. The molecule has 0 spiro atoms. The first-order valence-corrected chi connectivity index (χ1v) is 10.2. The first kappa shape index (κ1) is 17.5. The molecule has 0 saturated heterocycles. The molecule has 0 amide bonds.